The average molecular weight is 292 g/mol. The number of carbonyl (C=O) groups excluding carboxylic acids is 2. The maximum atomic E-state index is 13.5. The zero-order chi connectivity index (χ0) is 15.6. The molecule has 1 saturated heterocycles. The lowest BCUT2D eigenvalue weighted by Crippen LogP contribution is -2.48. The molecule has 2 rings (SSSR count). The van der Waals surface area contributed by atoms with Gasteiger partial charge in [0, 0.05) is 18.7 Å². The predicted octanol–water partition coefficient (Wildman–Crippen LogP) is 2.40. The highest BCUT2D eigenvalue weighted by molar-refractivity contribution is 6.01. The number of halogens is 1. The van der Waals surface area contributed by atoms with Crippen LogP contribution in [0.25, 0.3) is 0 Å². The molecule has 0 saturated carbocycles. The molecule has 1 aromatic rings. The van der Waals surface area contributed by atoms with Crippen LogP contribution in [0.5, 0.6) is 0 Å². The molecule has 0 bridgehead atoms. The lowest BCUT2D eigenvalue weighted by atomic mass is 9.97. The molecule has 1 aliphatic rings. The van der Waals surface area contributed by atoms with Crippen LogP contribution in [0.4, 0.5) is 10.1 Å². The summed E-state index contributed by atoms with van der Waals surface area (Å²) in [5.41, 5.74) is 1.37. The van der Waals surface area contributed by atoms with Crippen LogP contribution in [0.3, 0.4) is 0 Å². The van der Waals surface area contributed by atoms with E-state index in [1.807, 2.05) is 20.8 Å². The molecular weight excluding hydrogens is 271 g/mol. The van der Waals surface area contributed by atoms with E-state index >= 15 is 0 Å². The third kappa shape index (κ3) is 3.23. The number of nitrogens with one attached hydrogen (secondary N) is 1. The van der Waals surface area contributed by atoms with Crippen LogP contribution >= 0.6 is 0 Å². The number of benzene rings is 1. The molecule has 2 amide bonds. The van der Waals surface area contributed by atoms with Gasteiger partial charge in [0.05, 0.1) is 0 Å². The molecule has 0 aromatic heterocycles. The van der Waals surface area contributed by atoms with E-state index < -0.39 is 6.04 Å². The molecule has 2 atom stereocenters. The minimum absolute atomic E-state index is 0.0379. The number of carbonyl (C=O) groups is 2. The molecule has 1 aliphatic heterocycles. The number of amides is 2. The Morgan fingerprint density at radius 1 is 1.43 bits per heavy atom. The molecule has 21 heavy (non-hydrogen) atoms. The summed E-state index contributed by atoms with van der Waals surface area (Å²) in [4.78, 5) is 26.1. The zero-order valence-corrected chi connectivity index (χ0v) is 12.6. The molecule has 1 fully saturated rings. The molecule has 0 spiro atoms. The molecule has 1 aromatic carbocycles. The second-order valence-electron chi connectivity index (χ2n) is 5.60. The Morgan fingerprint density at radius 3 is 2.81 bits per heavy atom. The molecule has 1 N–H and O–H groups in total. The van der Waals surface area contributed by atoms with Crippen molar-refractivity contribution in [3.8, 4) is 0 Å². The van der Waals surface area contributed by atoms with Crippen molar-refractivity contribution in [3.63, 3.8) is 0 Å². The summed E-state index contributed by atoms with van der Waals surface area (Å²) in [7, 11) is 0. The minimum Gasteiger partial charge on any atom is -0.344 e. The van der Waals surface area contributed by atoms with Gasteiger partial charge in [-0.3, -0.25) is 9.59 Å². The summed E-state index contributed by atoms with van der Waals surface area (Å²) in [6.45, 7) is 6.03. The number of nitrogens with zero attached hydrogens (tertiary/aromatic N) is 1. The van der Waals surface area contributed by atoms with E-state index in [-0.39, 0.29) is 36.5 Å². The molecule has 1 heterocycles. The Labute approximate surface area is 124 Å². The highest BCUT2D eigenvalue weighted by Crippen LogP contribution is 2.25. The van der Waals surface area contributed by atoms with Gasteiger partial charge in [-0.05, 0) is 30.5 Å². The van der Waals surface area contributed by atoms with Crippen molar-refractivity contribution < 1.29 is 14.0 Å². The number of hydrogen-bond donors (Lipinski definition) is 1. The Kier molecular flexibility index (Phi) is 4.60. The third-order valence-corrected chi connectivity index (χ3v) is 4.09. The molecule has 2 unspecified atom stereocenters. The molecular formula is C16H21FN2O2. The third-order valence-electron chi connectivity index (χ3n) is 4.09. The van der Waals surface area contributed by atoms with Crippen LogP contribution in [-0.4, -0.2) is 24.4 Å². The van der Waals surface area contributed by atoms with Gasteiger partial charge < -0.3 is 10.2 Å². The van der Waals surface area contributed by atoms with Crippen molar-refractivity contribution in [1.82, 2.24) is 5.32 Å². The number of anilines is 1. The predicted molar refractivity (Wildman–Crippen MR) is 79.5 cm³/mol. The van der Waals surface area contributed by atoms with E-state index in [9.17, 15) is 14.0 Å². The SMILES string of the molecule is CCC(C)C1NC(=O)CCN(c2cc(F)ccc2C)C1=O. The van der Waals surface area contributed by atoms with Crippen LogP contribution in [-0.2, 0) is 9.59 Å². The second kappa shape index (κ2) is 6.24. The number of hydrogen-bond acceptors (Lipinski definition) is 2. The van der Waals surface area contributed by atoms with E-state index in [2.05, 4.69) is 5.32 Å². The largest absolute Gasteiger partial charge is 0.344 e. The second-order valence-corrected chi connectivity index (χ2v) is 5.60. The van der Waals surface area contributed by atoms with Gasteiger partial charge in [-0.15, -0.1) is 0 Å². The van der Waals surface area contributed by atoms with Gasteiger partial charge in [0.25, 0.3) is 0 Å². The lowest BCUT2D eigenvalue weighted by molar-refractivity contribution is -0.126. The fraction of sp³-hybridized carbons (Fsp3) is 0.500. The van der Waals surface area contributed by atoms with Crippen molar-refractivity contribution in [1.29, 1.82) is 0 Å². The van der Waals surface area contributed by atoms with Gasteiger partial charge in [-0.25, -0.2) is 4.39 Å². The summed E-state index contributed by atoms with van der Waals surface area (Å²) in [5.74, 6) is -0.642. The van der Waals surface area contributed by atoms with Crippen molar-refractivity contribution in [2.75, 3.05) is 11.4 Å². The first kappa shape index (κ1) is 15.5. The molecule has 4 nitrogen and oxygen atoms in total. The monoisotopic (exact) mass is 292 g/mol. The van der Waals surface area contributed by atoms with Crippen molar-refractivity contribution >= 4 is 17.5 Å². The first-order valence-electron chi connectivity index (χ1n) is 7.31. The molecule has 5 heteroatoms. The fourth-order valence-electron chi connectivity index (χ4n) is 2.53. The van der Waals surface area contributed by atoms with Gasteiger partial charge in [-0.2, -0.15) is 0 Å². The molecule has 114 valence electrons. The topological polar surface area (TPSA) is 49.4 Å². The Morgan fingerprint density at radius 2 is 2.14 bits per heavy atom. The quantitative estimate of drug-likeness (QED) is 0.930. The molecule has 0 radical (unpaired) electrons. The van der Waals surface area contributed by atoms with Crippen LogP contribution in [0.15, 0.2) is 18.2 Å². The van der Waals surface area contributed by atoms with Crippen LogP contribution in [0, 0.1) is 18.7 Å². The van der Waals surface area contributed by atoms with Gasteiger partial charge in [0.1, 0.15) is 11.9 Å². The van der Waals surface area contributed by atoms with Gasteiger partial charge >= 0.3 is 0 Å². The molecule has 0 aliphatic carbocycles. The van der Waals surface area contributed by atoms with E-state index in [1.54, 1.807) is 6.07 Å². The maximum absolute atomic E-state index is 13.5. The van der Waals surface area contributed by atoms with Crippen LogP contribution in [0.1, 0.15) is 32.3 Å². The number of aryl methyl sites for hydroxylation is 1. The van der Waals surface area contributed by atoms with Crippen molar-refractivity contribution in [2.24, 2.45) is 5.92 Å². The first-order valence-corrected chi connectivity index (χ1v) is 7.31. The van der Waals surface area contributed by atoms with Gasteiger partial charge in [0.15, 0.2) is 0 Å². The summed E-state index contributed by atoms with van der Waals surface area (Å²) < 4.78 is 13.5. The van der Waals surface area contributed by atoms with Crippen LogP contribution in [0.2, 0.25) is 0 Å². The summed E-state index contributed by atoms with van der Waals surface area (Å²) in [5, 5.41) is 2.79. The highest BCUT2D eigenvalue weighted by atomic mass is 19.1. The smallest absolute Gasteiger partial charge is 0.249 e. The van der Waals surface area contributed by atoms with Crippen molar-refractivity contribution in [2.45, 2.75) is 39.7 Å². The maximum Gasteiger partial charge on any atom is 0.249 e. The zero-order valence-electron chi connectivity index (χ0n) is 12.6. The van der Waals surface area contributed by atoms with Gasteiger partial charge in [-0.1, -0.05) is 26.3 Å². The van der Waals surface area contributed by atoms with Gasteiger partial charge in [0.2, 0.25) is 11.8 Å². The minimum atomic E-state index is -0.548. The van der Waals surface area contributed by atoms with E-state index in [1.165, 1.54) is 17.0 Å². The standard InChI is InChI=1S/C16H21FN2O2/c1-4-10(2)15-16(21)19(8-7-14(20)18-15)13-9-12(17)6-5-11(13)3/h5-6,9-10,15H,4,7-8H2,1-3H3,(H,18,20). The highest BCUT2D eigenvalue weighted by Gasteiger charge is 2.34. The summed E-state index contributed by atoms with van der Waals surface area (Å²) in [6.07, 6.45) is 1.02. The fourth-order valence-corrected chi connectivity index (χ4v) is 2.53. The lowest BCUT2D eigenvalue weighted by Gasteiger charge is -2.28. The summed E-state index contributed by atoms with van der Waals surface area (Å²) >= 11 is 0. The summed E-state index contributed by atoms with van der Waals surface area (Å²) in [6, 6.07) is 3.83. The average Bonchev–Trinajstić information content (AvgIpc) is 2.60. The van der Waals surface area contributed by atoms with E-state index in [0.717, 1.165) is 12.0 Å². The normalized spacial score (nSPS) is 21.0. The Hall–Kier alpha value is -1.91. The van der Waals surface area contributed by atoms with Crippen molar-refractivity contribution in [3.05, 3.63) is 29.6 Å². The van der Waals surface area contributed by atoms with E-state index in [4.69, 9.17) is 0 Å². The van der Waals surface area contributed by atoms with E-state index in [0.29, 0.717) is 5.69 Å². The Bertz CT molecular complexity index is 559. The Balaban J connectivity index is 2.39. The van der Waals surface area contributed by atoms with Crippen LogP contribution < -0.4 is 10.2 Å². The first-order chi connectivity index (χ1) is 9.93. The number of rotatable bonds is 3.